The molecule has 0 unspecified atom stereocenters. The van der Waals surface area contributed by atoms with Gasteiger partial charge in [0.15, 0.2) is 6.61 Å². The summed E-state index contributed by atoms with van der Waals surface area (Å²) >= 11 is 0. The van der Waals surface area contributed by atoms with Crippen LogP contribution >= 0.6 is 0 Å². The SMILES string of the molecule is O=C(COC(=O)C1CCN(S(=O)(=O)c2ccc(F)cc2)CC1)NCC1(c2ccccc2)CCC1. The van der Waals surface area contributed by atoms with Gasteiger partial charge in [0.05, 0.1) is 10.8 Å². The second-order valence-electron chi connectivity index (χ2n) is 9.02. The third-order valence-corrected chi connectivity index (χ3v) is 8.82. The summed E-state index contributed by atoms with van der Waals surface area (Å²) in [5.74, 6) is -1.80. The Labute approximate surface area is 199 Å². The molecule has 2 fully saturated rings. The molecule has 1 N–H and O–H groups in total. The van der Waals surface area contributed by atoms with Crippen molar-refractivity contribution in [2.45, 2.75) is 42.4 Å². The summed E-state index contributed by atoms with van der Waals surface area (Å²) in [4.78, 5) is 24.8. The Balaban J connectivity index is 1.22. The zero-order valence-corrected chi connectivity index (χ0v) is 19.7. The van der Waals surface area contributed by atoms with Crippen molar-refractivity contribution in [3.05, 3.63) is 66.0 Å². The first-order valence-corrected chi connectivity index (χ1v) is 13.0. The smallest absolute Gasteiger partial charge is 0.309 e. The Bertz CT molecular complexity index is 1110. The van der Waals surface area contributed by atoms with Crippen LogP contribution in [0.3, 0.4) is 0 Å². The predicted octanol–water partition coefficient (Wildman–Crippen LogP) is 3.01. The molecule has 2 aromatic carbocycles. The minimum absolute atomic E-state index is 0.0198. The van der Waals surface area contributed by atoms with E-state index in [4.69, 9.17) is 4.74 Å². The second kappa shape index (κ2) is 10.2. The fourth-order valence-electron chi connectivity index (χ4n) is 4.62. The van der Waals surface area contributed by atoms with E-state index in [1.165, 1.54) is 22.0 Å². The summed E-state index contributed by atoms with van der Waals surface area (Å²) in [5.41, 5.74) is 1.16. The molecule has 1 amide bonds. The van der Waals surface area contributed by atoms with Crippen molar-refractivity contribution in [3.63, 3.8) is 0 Å². The number of nitrogens with zero attached hydrogens (tertiary/aromatic N) is 1. The molecule has 9 heteroatoms. The summed E-state index contributed by atoms with van der Waals surface area (Å²) in [6.07, 6.45) is 3.75. The maximum Gasteiger partial charge on any atom is 0.309 e. The first kappa shape index (κ1) is 24.3. The standard InChI is InChI=1S/C25H29FN2O5S/c26-21-7-9-22(10-8-21)34(31,32)28-15-11-19(12-16-28)24(30)33-17-23(29)27-18-25(13-4-14-25)20-5-2-1-3-6-20/h1-3,5-10,19H,4,11-18H2,(H,27,29). The number of ether oxygens (including phenoxy) is 1. The molecule has 1 aliphatic heterocycles. The highest BCUT2D eigenvalue weighted by Crippen LogP contribution is 2.43. The lowest BCUT2D eigenvalue weighted by atomic mass is 9.64. The van der Waals surface area contributed by atoms with E-state index in [2.05, 4.69) is 17.4 Å². The molecule has 0 aromatic heterocycles. The predicted molar refractivity (Wildman–Crippen MR) is 124 cm³/mol. The van der Waals surface area contributed by atoms with Gasteiger partial charge in [-0.25, -0.2) is 12.8 Å². The molecule has 1 saturated heterocycles. The fourth-order valence-corrected chi connectivity index (χ4v) is 6.09. The maximum atomic E-state index is 13.1. The molecule has 0 radical (unpaired) electrons. The highest BCUT2D eigenvalue weighted by molar-refractivity contribution is 7.89. The number of carbonyl (C=O) groups excluding carboxylic acids is 2. The van der Waals surface area contributed by atoms with Crippen molar-refractivity contribution in [2.75, 3.05) is 26.2 Å². The van der Waals surface area contributed by atoms with Gasteiger partial charge in [0, 0.05) is 25.0 Å². The van der Waals surface area contributed by atoms with Crippen LogP contribution in [0.5, 0.6) is 0 Å². The fraction of sp³-hybridized carbons (Fsp3) is 0.440. The van der Waals surface area contributed by atoms with Crippen molar-refractivity contribution in [3.8, 4) is 0 Å². The highest BCUT2D eigenvalue weighted by Gasteiger charge is 2.39. The van der Waals surface area contributed by atoms with E-state index in [9.17, 15) is 22.4 Å². The van der Waals surface area contributed by atoms with Crippen molar-refractivity contribution < 1.29 is 27.1 Å². The molecule has 0 spiro atoms. The second-order valence-corrected chi connectivity index (χ2v) is 11.0. The average Bonchev–Trinajstić information content (AvgIpc) is 2.83. The average molecular weight is 489 g/mol. The molecule has 1 aliphatic carbocycles. The molecule has 4 rings (SSSR count). The first-order chi connectivity index (χ1) is 16.3. The van der Waals surface area contributed by atoms with Gasteiger partial charge in [-0.2, -0.15) is 4.31 Å². The summed E-state index contributed by atoms with van der Waals surface area (Å²) < 4.78 is 45.0. The highest BCUT2D eigenvalue weighted by atomic mass is 32.2. The molecule has 34 heavy (non-hydrogen) atoms. The van der Waals surface area contributed by atoms with Crippen LogP contribution in [0.4, 0.5) is 4.39 Å². The minimum atomic E-state index is -3.74. The quantitative estimate of drug-likeness (QED) is 0.577. The van der Waals surface area contributed by atoms with Gasteiger partial charge < -0.3 is 10.1 Å². The number of halogens is 1. The Morgan fingerprint density at radius 2 is 1.68 bits per heavy atom. The lowest BCUT2D eigenvalue weighted by Gasteiger charge is -2.42. The lowest BCUT2D eigenvalue weighted by Crippen LogP contribution is -2.46. The van der Waals surface area contributed by atoms with Crippen LogP contribution in [0.1, 0.15) is 37.7 Å². The molecule has 182 valence electrons. The number of carbonyl (C=O) groups is 2. The van der Waals surface area contributed by atoms with Gasteiger partial charge in [-0.3, -0.25) is 9.59 Å². The number of sulfonamides is 1. The molecule has 0 bridgehead atoms. The molecule has 2 aromatic rings. The molecule has 0 atom stereocenters. The maximum absolute atomic E-state index is 13.1. The van der Waals surface area contributed by atoms with Crippen LogP contribution in [0.15, 0.2) is 59.5 Å². The van der Waals surface area contributed by atoms with Gasteiger partial charge in [0.1, 0.15) is 5.82 Å². The molecule has 2 aliphatic rings. The summed E-state index contributed by atoms with van der Waals surface area (Å²) in [7, 11) is -3.74. The molecule has 7 nitrogen and oxygen atoms in total. The number of benzene rings is 2. The van der Waals surface area contributed by atoms with Gasteiger partial charge >= 0.3 is 5.97 Å². The topological polar surface area (TPSA) is 92.8 Å². The van der Waals surface area contributed by atoms with Gasteiger partial charge in [-0.15, -0.1) is 0 Å². The van der Waals surface area contributed by atoms with E-state index in [0.717, 1.165) is 31.4 Å². The van der Waals surface area contributed by atoms with Gasteiger partial charge in [0.2, 0.25) is 10.0 Å². The first-order valence-electron chi connectivity index (χ1n) is 11.5. The van der Waals surface area contributed by atoms with Crippen molar-refractivity contribution in [2.24, 2.45) is 5.92 Å². The van der Waals surface area contributed by atoms with Crippen molar-refractivity contribution in [1.29, 1.82) is 0 Å². The van der Waals surface area contributed by atoms with Crippen LogP contribution in [0, 0.1) is 11.7 Å². The van der Waals surface area contributed by atoms with Crippen LogP contribution in [-0.4, -0.2) is 50.8 Å². The normalized spacial score (nSPS) is 18.6. The van der Waals surface area contributed by atoms with E-state index < -0.39 is 27.7 Å². The zero-order valence-electron chi connectivity index (χ0n) is 18.9. The zero-order chi connectivity index (χ0) is 24.2. The Kier molecular flexibility index (Phi) is 7.33. The van der Waals surface area contributed by atoms with Gasteiger partial charge in [-0.05, 0) is 55.5 Å². The van der Waals surface area contributed by atoms with E-state index >= 15 is 0 Å². The van der Waals surface area contributed by atoms with Gasteiger partial charge in [0.25, 0.3) is 5.91 Å². The summed E-state index contributed by atoms with van der Waals surface area (Å²) in [6.45, 7) is 0.474. The number of rotatable bonds is 8. The van der Waals surface area contributed by atoms with Crippen molar-refractivity contribution >= 4 is 21.9 Å². The number of hydrogen-bond donors (Lipinski definition) is 1. The molecular weight excluding hydrogens is 459 g/mol. The van der Waals surface area contributed by atoms with E-state index in [-0.39, 0.29) is 35.9 Å². The number of nitrogens with one attached hydrogen (secondary N) is 1. The Hall–Kier alpha value is -2.78. The van der Waals surface area contributed by atoms with Crippen LogP contribution in [-0.2, 0) is 29.8 Å². The monoisotopic (exact) mass is 488 g/mol. The third kappa shape index (κ3) is 5.31. The Morgan fingerprint density at radius 1 is 1.03 bits per heavy atom. The van der Waals surface area contributed by atoms with Crippen LogP contribution in [0.25, 0.3) is 0 Å². The Morgan fingerprint density at radius 3 is 2.26 bits per heavy atom. The number of hydrogen-bond acceptors (Lipinski definition) is 5. The molecule has 1 heterocycles. The van der Waals surface area contributed by atoms with E-state index in [1.807, 2.05) is 18.2 Å². The third-order valence-electron chi connectivity index (χ3n) is 6.90. The summed E-state index contributed by atoms with van der Waals surface area (Å²) in [6, 6.07) is 14.8. The lowest BCUT2D eigenvalue weighted by molar-refractivity contribution is -0.153. The minimum Gasteiger partial charge on any atom is -0.455 e. The largest absolute Gasteiger partial charge is 0.455 e. The van der Waals surface area contributed by atoms with E-state index in [1.54, 1.807) is 0 Å². The number of esters is 1. The summed E-state index contributed by atoms with van der Waals surface area (Å²) in [5, 5.41) is 2.90. The van der Waals surface area contributed by atoms with E-state index in [0.29, 0.717) is 19.4 Å². The van der Waals surface area contributed by atoms with Crippen LogP contribution < -0.4 is 5.32 Å². The van der Waals surface area contributed by atoms with Gasteiger partial charge in [-0.1, -0.05) is 36.8 Å². The molecular formula is C25H29FN2O5S. The number of amides is 1. The number of piperidine rings is 1. The van der Waals surface area contributed by atoms with Crippen LogP contribution in [0.2, 0.25) is 0 Å². The van der Waals surface area contributed by atoms with Crippen molar-refractivity contribution in [1.82, 2.24) is 9.62 Å². The molecule has 1 saturated carbocycles.